The number of hydrogen-bond acceptors (Lipinski definition) is 6. The van der Waals surface area contributed by atoms with Crippen molar-refractivity contribution in [2.75, 3.05) is 13.7 Å². The average molecular weight is 382 g/mol. The van der Waals surface area contributed by atoms with E-state index >= 15 is 0 Å². The van der Waals surface area contributed by atoms with Crippen molar-refractivity contribution in [2.24, 2.45) is 13.0 Å². The molecule has 1 saturated carbocycles. The van der Waals surface area contributed by atoms with Crippen LogP contribution in [0.15, 0.2) is 42.0 Å². The molecule has 0 saturated heterocycles. The first-order valence-electron chi connectivity index (χ1n) is 8.93. The van der Waals surface area contributed by atoms with Crippen LogP contribution in [0, 0.1) is 5.92 Å². The number of ether oxygens (including phenoxy) is 1. The third kappa shape index (κ3) is 4.00. The number of aromatic nitrogens is 4. The minimum Gasteiger partial charge on any atom is -0.393 e. The lowest BCUT2D eigenvalue weighted by atomic mass is 9.83. The van der Waals surface area contributed by atoms with E-state index in [2.05, 4.69) is 38.6 Å². The fourth-order valence-corrected chi connectivity index (χ4v) is 4.02. The monoisotopic (exact) mass is 382 g/mol. The summed E-state index contributed by atoms with van der Waals surface area (Å²) in [6.45, 7) is 0.817. The van der Waals surface area contributed by atoms with Crippen LogP contribution in [0.5, 0.6) is 0 Å². The van der Waals surface area contributed by atoms with Crippen LogP contribution in [0.25, 0.3) is 32.5 Å². The van der Waals surface area contributed by atoms with Gasteiger partial charge in [-0.25, -0.2) is 9.97 Å². The molecule has 0 spiro atoms. The number of aryl methyl sites for hydroxylation is 1. The molecule has 1 N–H and O–H groups in total. The highest BCUT2D eigenvalue weighted by molar-refractivity contribution is 7.16. The van der Waals surface area contributed by atoms with E-state index in [1.807, 2.05) is 25.5 Å². The molecule has 5 rings (SSSR count). The Morgan fingerprint density at radius 2 is 2.11 bits per heavy atom. The van der Waals surface area contributed by atoms with Crippen LogP contribution in [0.2, 0.25) is 0 Å². The van der Waals surface area contributed by atoms with Crippen molar-refractivity contribution in [1.82, 2.24) is 19.7 Å². The summed E-state index contributed by atoms with van der Waals surface area (Å²) in [5.74, 6) is 0.634. The summed E-state index contributed by atoms with van der Waals surface area (Å²) in [5.41, 5.74) is 2.74. The average Bonchev–Trinajstić information content (AvgIpc) is 3.24. The van der Waals surface area contributed by atoms with Gasteiger partial charge in [-0.3, -0.25) is 4.68 Å². The van der Waals surface area contributed by atoms with E-state index in [-0.39, 0.29) is 6.10 Å². The molecule has 0 radical (unpaired) electrons. The molecular weight excluding hydrogens is 360 g/mol. The number of rotatable bonds is 3. The van der Waals surface area contributed by atoms with Gasteiger partial charge in [0.2, 0.25) is 0 Å². The lowest BCUT2D eigenvalue weighted by Gasteiger charge is -2.30. The number of nitrogens with zero attached hydrogens (tertiary/aromatic N) is 4. The topological polar surface area (TPSA) is 73.1 Å². The van der Waals surface area contributed by atoms with Crippen molar-refractivity contribution < 1.29 is 9.84 Å². The Bertz CT molecular complexity index is 1050. The highest BCUT2D eigenvalue weighted by Crippen LogP contribution is 2.27. The fourth-order valence-electron chi connectivity index (χ4n) is 3.25. The summed E-state index contributed by atoms with van der Waals surface area (Å²) in [5, 5.41) is 17.3. The molecule has 4 aromatic heterocycles. The molecule has 4 aromatic rings. The van der Waals surface area contributed by atoms with Crippen LogP contribution in [0.4, 0.5) is 0 Å². The maximum atomic E-state index is 8.79. The minimum absolute atomic E-state index is 0.0323. The Hall–Kier alpha value is -2.35. The predicted molar refractivity (Wildman–Crippen MR) is 108 cm³/mol. The first-order chi connectivity index (χ1) is 13.1. The molecule has 1 aliphatic carbocycles. The van der Waals surface area contributed by atoms with Crippen LogP contribution in [0.1, 0.15) is 12.8 Å². The predicted octanol–water partition coefficient (Wildman–Crippen LogP) is 3.65. The third-order valence-corrected chi connectivity index (χ3v) is 5.52. The van der Waals surface area contributed by atoms with Gasteiger partial charge >= 0.3 is 0 Å². The second-order valence-electron chi connectivity index (χ2n) is 6.90. The maximum absolute atomic E-state index is 8.79. The first kappa shape index (κ1) is 18.0. The second-order valence-corrected chi connectivity index (χ2v) is 7.79. The van der Waals surface area contributed by atoms with Gasteiger partial charge in [0, 0.05) is 49.5 Å². The second kappa shape index (κ2) is 7.72. The van der Waals surface area contributed by atoms with Gasteiger partial charge in [0.15, 0.2) is 5.65 Å². The molecule has 7 heteroatoms. The molecule has 0 amide bonds. The molecule has 0 unspecified atom stereocenters. The van der Waals surface area contributed by atoms with E-state index in [1.54, 1.807) is 23.1 Å². The minimum atomic E-state index is -0.0323. The van der Waals surface area contributed by atoms with Gasteiger partial charge in [0.1, 0.15) is 4.83 Å². The third-order valence-electron chi connectivity index (χ3n) is 4.70. The Labute approximate surface area is 161 Å². The van der Waals surface area contributed by atoms with Gasteiger partial charge in [-0.15, -0.1) is 11.3 Å². The van der Waals surface area contributed by atoms with Crippen LogP contribution in [-0.4, -0.2) is 44.7 Å². The number of fused-ring (bicyclic) bond motifs is 2. The standard InChI is InChI=1S/C14H10N4S.C6H12O2/c1-18-8-11-6-10(7-15-13(11)17-18)12-3-2-9-4-5-19-14(9)16-12;1-8-4-5-2-6(7)3-5/h2-8H,1H3;5-7H,2-4H2,1H3. The van der Waals surface area contributed by atoms with Crippen LogP contribution in [-0.2, 0) is 11.8 Å². The van der Waals surface area contributed by atoms with E-state index in [0.29, 0.717) is 5.92 Å². The van der Waals surface area contributed by atoms with Gasteiger partial charge in [0.25, 0.3) is 0 Å². The van der Waals surface area contributed by atoms with Crippen molar-refractivity contribution in [2.45, 2.75) is 18.9 Å². The molecule has 1 aliphatic rings. The van der Waals surface area contributed by atoms with Crippen LogP contribution < -0.4 is 0 Å². The quantitative estimate of drug-likeness (QED) is 0.585. The molecule has 27 heavy (non-hydrogen) atoms. The summed E-state index contributed by atoms with van der Waals surface area (Å²) < 4.78 is 6.66. The molecule has 0 bridgehead atoms. The number of methoxy groups -OCH3 is 1. The zero-order valence-corrected chi connectivity index (χ0v) is 16.2. The number of thiophene rings is 1. The van der Waals surface area contributed by atoms with E-state index in [4.69, 9.17) is 9.84 Å². The number of aliphatic hydroxyl groups excluding tert-OH is 1. The van der Waals surface area contributed by atoms with E-state index in [9.17, 15) is 0 Å². The van der Waals surface area contributed by atoms with Gasteiger partial charge in [-0.1, -0.05) is 0 Å². The molecular formula is C20H22N4O2S. The van der Waals surface area contributed by atoms with Gasteiger partial charge < -0.3 is 9.84 Å². The summed E-state index contributed by atoms with van der Waals surface area (Å²) in [6.07, 6.45) is 5.64. The summed E-state index contributed by atoms with van der Waals surface area (Å²) >= 11 is 1.66. The lowest BCUT2D eigenvalue weighted by molar-refractivity contribution is 0.00294. The van der Waals surface area contributed by atoms with Crippen molar-refractivity contribution in [3.05, 3.63) is 42.0 Å². The van der Waals surface area contributed by atoms with Gasteiger partial charge in [0.05, 0.1) is 11.8 Å². The summed E-state index contributed by atoms with van der Waals surface area (Å²) in [4.78, 5) is 10.1. The Morgan fingerprint density at radius 3 is 2.89 bits per heavy atom. The molecule has 0 aliphatic heterocycles. The van der Waals surface area contributed by atoms with E-state index < -0.39 is 0 Å². The van der Waals surface area contributed by atoms with Gasteiger partial charge in [-0.05, 0) is 48.4 Å². The molecule has 4 heterocycles. The fraction of sp³-hybridized carbons (Fsp3) is 0.350. The number of hydrogen-bond donors (Lipinski definition) is 1. The first-order valence-corrected chi connectivity index (χ1v) is 9.81. The van der Waals surface area contributed by atoms with Crippen LogP contribution >= 0.6 is 11.3 Å². The van der Waals surface area contributed by atoms with Crippen molar-refractivity contribution in [3.63, 3.8) is 0 Å². The molecule has 6 nitrogen and oxygen atoms in total. The van der Waals surface area contributed by atoms with Crippen LogP contribution in [0.3, 0.4) is 0 Å². The normalized spacial score (nSPS) is 18.9. The molecule has 0 aromatic carbocycles. The number of aliphatic hydroxyl groups is 1. The Balaban J connectivity index is 0.000000190. The summed E-state index contributed by atoms with van der Waals surface area (Å²) in [6, 6.07) is 8.30. The highest BCUT2D eigenvalue weighted by Gasteiger charge is 2.26. The zero-order valence-electron chi connectivity index (χ0n) is 15.4. The lowest BCUT2D eigenvalue weighted by Crippen LogP contribution is -2.31. The summed E-state index contributed by atoms with van der Waals surface area (Å²) in [7, 11) is 3.60. The van der Waals surface area contributed by atoms with Crippen molar-refractivity contribution in [1.29, 1.82) is 0 Å². The maximum Gasteiger partial charge on any atom is 0.181 e. The van der Waals surface area contributed by atoms with Crippen molar-refractivity contribution >= 4 is 32.6 Å². The number of pyridine rings is 2. The highest BCUT2D eigenvalue weighted by atomic mass is 32.1. The zero-order chi connectivity index (χ0) is 18.8. The largest absolute Gasteiger partial charge is 0.393 e. The molecule has 1 fully saturated rings. The van der Waals surface area contributed by atoms with Crippen molar-refractivity contribution in [3.8, 4) is 11.3 Å². The smallest absolute Gasteiger partial charge is 0.181 e. The SMILES string of the molecule is COCC1CC(O)C1.Cn1cc2cc(-c3ccc4ccsc4n3)cnc2n1. The Morgan fingerprint density at radius 1 is 1.26 bits per heavy atom. The molecule has 140 valence electrons. The Kier molecular flexibility index (Phi) is 5.15. The van der Waals surface area contributed by atoms with E-state index in [0.717, 1.165) is 46.6 Å². The van der Waals surface area contributed by atoms with E-state index in [1.165, 1.54) is 5.39 Å². The molecule has 0 atom stereocenters. The van der Waals surface area contributed by atoms with Gasteiger partial charge in [-0.2, -0.15) is 5.10 Å².